The summed E-state index contributed by atoms with van der Waals surface area (Å²) in [6.45, 7) is 1.37. The molecule has 7 heteroatoms. The Hall–Kier alpha value is -3.08. The molecule has 2 aromatic rings. The van der Waals surface area contributed by atoms with Crippen molar-refractivity contribution in [2.75, 3.05) is 23.5 Å². The zero-order valence-electron chi connectivity index (χ0n) is 14.0. The van der Waals surface area contributed by atoms with E-state index in [1.54, 1.807) is 0 Å². The molecule has 0 aliphatic carbocycles. The molecule has 1 fully saturated rings. The van der Waals surface area contributed by atoms with Crippen LogP contribution in [0, 0.1) is 12.3 Å². The van der Waals surface area contributed by atoms with Crippen LogP contribution >= 0.6 is 0 Å². The first-order valence-electron chi connectivity index (χ1n) is 8.35. The van der Waals surface area contributed by atoms with Crippen molar-refractivity contribution >= 4 is 17.3 Å². The summed E-state index contributed by atoms with van der Waals surface area (Å²) in [6, 6.07) is 7.51. The van der Waals surface area contributed by atoms with Gasteiger partial charge in [-0.05, 0) is 30.7 Å². The van der Waals surface area contributed by atoms with E-state index in [0.29, 0.717) is 12.3 Å². The van der Waals surface area contributed by atoms with Crippen LogP contribution in [0.2, 0.25) is 0 Å². The van der Waals surface area contributed by atoms with Crippen LogP contribution in [0.1, 0.15) is 34.1 Å². The van der Waals surface area contributed by atoms with E-state index in [0.717, 1.165) is 29.8 Å². The van der Waals surface area contributed by atoms with E-state index in [9.17, 15) is 9.90 Å². The molecule has 26 heavy (non-hydrogen) atoms. The number of hydrogen-bond acceptors (Lipinski definition) is 6. The van der Waals surface area contributed by atoms with Crippen molar-refractivity contribution in [3.8, 4) is 12.3 Å². The van der Waals surface area contributed by atoms with E-state index in [2.05, 4.69) is 26.7 Å². The van der Waals surface area contributed by atoms with Crippen molar-refractivity contribution in [3.63, 3.8) is 0 Å². The van der Waals surface area contributed by atoms with Crippen molar-refractivity contribution in [1.29, 1.82) is 0 Å². The molecule has 0 radical (unpaired) electrons. The maximum absolute atomic E-state index is 11.5. The Morgan fingerprint density at radius 3 is 3.08 bits per heavy atom. The summed E-state index contributed by atoms with van der Waals surface area (Å²) in [7, 11) is 0. The van der Waals surface area contributed by atoms with Crippen LogP contribution in [0.5, 0.6) is 0 Å². The summed E-state index contributed by atoms with van der Waals surface area (Å²) >= 11 is 0. The van der Waals surface area contributed by atoms with Crippen LogP contribution in [0.25, 0.3) is 0 Å². The van der Waals surface area contributed by atoms with Gasteiger partial charge in [-0.2, -0.15) is 0 Å². The second kappa shape index (κ2) is 6.67. The third-order valence-electron chi connectivity index (χ3n) is 4.66. The van der Waals surface area contributed by atoms with E-state index in [1.165, 1.54) is 18.5 Å². The highest BCUT2D eigenvalue weighted by atomic mass is 16.5. The van der Waals surface area contributed by atoms with Gasteiger partial charge in [0.15, 0.2) is 0 Å². The highest BCUT2D eigenvalue weighted by molar-refractivity contribution is 5.94. The first-order chi connectivity index (χ1) is 12.7. The first-order valence-corrected chi connectivity index (χ1v) is 8.35. The minimum Gasteiger partial charge on any atom is -0.478 e. The topological polar surface area (TPSA) is 86.7 Å². The fourth-order valence-electron chi connectivity index (χ4n) is 3.36. The molecule has 132 valence electrons. The Labute approximate surface area is 151 Å². The van der Waals surface area contributed by atoms with E-state index >= 15 is 0 Å². The zero-order chi connectivity index (χ0) is 18.1. The number of aromatic nitrogens is 1. The number of anilines is 2. The Morgan fingerprint density at radius 2 is 2.35 bits per heavy atom. The molecule has 0 bridgehead atoms. The lowest BCUT2D eigenvalue weighted by atomic mass is 10.1. The lowest BCUT2D eigenvalue weighted by molar-refractivity contribution is 0.0697. The number of ether oxygens (including phenoxy) is 1. The number of carboxylic acid groups (broad SMARTS) is 1. The Morgan fingerprint density at radius 1 is 1.46 bits per heavy atom. The molecule has 2 unspecified atom stereocenters. The largest absolute Gasteiger partial charge is 0.478 e. The van der Waals surface area contributed by atoms with Gasteiger partial charge in [-0.3, -0.25) is 4.98 Å². The molecule has 2 aliphatic rings. The number of benzene rings is 1. The third kappa shape index (κ3) is 2.86. The molecule has 1 aromatic carbocycles. The normalized spacial score (nSPS) is 21.3. The minimum atomic E-state index is -1.01. The maximum Gasteiger partial charge on any atom is 0.337 e. The lowest BCUT2D eigenvalue weighted by Gasteiger charge is -2.27. The van der Waals surface area contributed by atoms with Gasteiger partial charge in [-0.25, -0.2) is 10.2 Å². The number of hydrazine groups is 1. The first kappa shape index (κ1) is 16.4. The molecule has 3 N–H and O–H groups in total. The van der Waals surface area contributed by atoms with Crippen LogP contribution in [0.15, 0.2) is 36.7 Å². The molecule has 7 nitrogen and oxygen atoms in total. The molecule has 1 saturated heterocycles. The smallest absolute Gasteiger partial charge is 0.337 e. The number of terminal acetylenes is 1. The third-order valence-corrected chi connectivity index (χ3v) is 4.66. The standard InChI is InChI=1S/C19H18N4O3/c1-2-12-3-4-17-15(9-12)18(22-23(17)13-6-8-26-11-13)21-16-10-20-7-5-14(16)19(24)25/h1,3-5,7,9-10,13,18,21-22H,6,8,11H2,(H,24,25). The molecule has 2 atom stereocenters. The summed E-state index contributed by atoms with van der Waals surface area (Å²) in [5.41, 5.74) is 6.77. The fraction of sp³-hybridized carbons (Fsp3) is 0.263. The summed E-state index contributed by atoms with van der Waals surface area (Å²) in [4.78, 5) is 15.5. The molecule has 2 aliphatic heterocycles. The average Bonchev–Trinajstić information content (AvgIpc) is 3.30. The molecule has 0 saturated carbocycles. The predicted molar refractivity (Wildman–Crippen MR) is 96.8 cm³/mol. The lowest BCUT2D eigenvalue weighted by Crippen LogP contribution is -2.44. The van der Waals surface area contributed by atoms with Crippen LogP contribution in [0.4, 0.5) is 11.4 Å². The molecule has 0 spiro atoms. The van der Waals surface area contributed by atoms with Gasteiger partial charge in [0.1, 0.15) is 6.17 Å². The van der Waals surface area contributed by atoms with E-state index in [1.807, 2.05) is 18.2 Å². The molecular formula is C19H18N4O3. The number of rotatable bonds is 4. The van der Waals surface area contributed by atoms with Crippen molar-refractivity contribution in [1.82, 2.24) is 10.4 Å². The molecule has 3 heterocycles. The number of pyridine rings is 1. The second-order valence-electron chi connectivity index (χ2n) is 6.24. The van der Waals surface area contributed by atoms with Gasteiger partial charge < -0.3 is 20.2 Å². The van der Waals surface area contributed by atoms with Crippen LogP contribution in [-0.2, 0) is 4.74 Å². The summed E-state index contributed by atoms with van der Waals surface area (Å²) in [5, 5.41) is 14.7. The Balaban J connectivity index is 1.69. The molecule has 1 aromatic heterocycles. The Bertz CT molecular complexity index is 887. The monoisotopic (exact) mass is 350 g/mol. The van der Waals surface area contributed by atoms with Crippen molar-refractivity contribution < 1.29 is 14.6 Å². The number of fused-ring (bicyclic) bond motifs is 1. The SMILES string of the molecule is C#Cc1ccc2c(c1)C(Nc1cnccc1C(=O)O)NN2C1CCOC1. The summed E-state index contributed by atoms with van der Waals surface area (Å²) in [6.07, 6.45) is 9.12. The number of aromatic carboxylic acids is 1. The van der Waals surface area contributed by atoms with Crippen LogP contribution in [-0.4, -0.2) is 35.3 Å². The van der Waals surface area contributed by atoms with Crippen molar-refractivity contribution in [2.24, 2.45) is 0 Å². The average molecular weight is 350 g/mol. The van der Waals surface area contributed by atoms with Gasteiger partial charge in [0.05, 0.1) is 35.8 Å². The number of nitrogens with one attached hydrogen (secondary N) is 2. The summed E-state index contributed by atoms with van der Waals surface area (Å²) < 4.78 is 5.51. The van der Waals surface area contributed by atoms with E-state index in [-0.39, 0.29) is 17.8 Å². The van der Waals surface area contributed by atoms with Gasteiger partial charge in [0.2, 0.25) is 0 Å². The highest BCUT2D eigenvalue weighted by Crippen LogP contribution is 2.37. The van der Waals surface area contributed by atoms with E-state index < -0.39 is 5.97 Å². The number of hydrogen-bond donors (Lipinski definition) is 3. The molecular weight excluding hydrogens is 332 g/mol. The number of carboxylic acids is 1. The highest BCUT2D eigenvalue weighted by Gasteiger charge is 2.35. The predicted octanol–water partition coefficient (Wildman–Crippen LogP) is 1.99. The second-order valence-corrected chi connectivity index (χ2v) is 6.24. The fourth-order valence-corrected chi connectivity index (χ4v) is 3.36. The Kier molecular flexibility index (Phi) is 4.21. The molecule has 4 rings (SSSR count). The number of nitrogens with zero attached hydrogens (tertiary/aromatic N) is 2. The van der Waals surface area contributed by atoms with Crippen LogP contribution < -0.4 is 15.8 Å². The van der Waals surface area contributed by atoms with Gasteiger partial charge >= 0.3 is 5.97 Å². The van der Waals surface area contributed by atoms with Gasteiger partial charge in [0.25, 0.3) is 0 Å². The van der Waals surface area contributed by atoms with Crippen molar-refractivity contribution in [3.05, 3.63) is 53.3 Å². The summed E-state index contributed by atoms with van der Waals surface area (Å²) in [5.74, 6) is 1.64. The maximum atomic E-state index is 11.5. The quantitative estimate of drug-likeness (QED) is 0.727. The molecule has 0 amide bonds. The van der Waals surface area contributed by atoms with Gasteiger partial charge in [0, 0.05) is 23.9 Å². The van der Waals surface area contributed by atoms with Crippen molar-refractivity contribution in [2.45, 2.75) is 18.6 Å². The van der Waals surface area contributed by atoms with Gasteiger partial charge in [-0.15, -0.1) is 6.42 Å². The zero-order valence-corrected chi connectivity index (χ0v) is 14.0. The van der Waals surface area contributed by atoms with Crippen LogP contribution in [0.3, 0.4) is 0 Å². The minimum absolute atomic E-state index is 0.166. The number of carbonyl (C=O) groups is 1. The van der Waals surface area contributed by atoms with E-state index in [4.69, 9.17) is 11.2 Å². The van der Waals surface area contributed by atoms with Gasteiger partial charge in [-0.1, -0.05) is 5.92 Å².